The summed E-state index contributed by atoms with van der Waals surface area (Å²) < 4.78 is 5.64. The average Bonchev–Trinajstić information content (AvgIpc) is 2.39. The first-order chi connectivity index (χ1) is 9.16. The van der Waals surface area contributed by atoms with E-state index in [1.165, 1.54) is 0 Å². The van der Waals surface area contributed by atoms with Gasteiger partial charge in [-0.1, -0.05) is 18.2 Å². The van der Waals surface area contributed by atoms with Gasteiger partial charge in [-0.2, -0.15) is 0 Å². The number of hydrogen-bond acceptors (Lipinski definition) is 3. The molecule has 0 saturated carbocycles. The van der Waals surface area contributed by atoms with Gasteiger partial charge in [0.2, 0.25) is 0 Å². The number of nitrogens with one attached hydrogen (secondary N) is 2. The number of carbonyl (C=O) groups excluding carboxylic acids is 1. The van der Waals surface area contributed by atoms with Gasteiger partial charge in [-0.05, 0) is 44.4 Å². The van der Waals surface area contributed by atoms with Crippen LogP contribution in [-0.4, -0.2) is 31.6 Å². The van der Waals surface area contributed by atoms with Crippen LogP contribution in [0.1, 0.15) is 24.0 Å². The first-order valence-electron chi connectivity index (χ1n) is 6.86. The molecule has 1 amide bonds. The van der Waals surface area contributed by atoms with E-state index in [0.29, 0.717) is 0 Å². The maximum absolute atomic E-state index is 11.8. The van der Waals surface area contributed by atoms with Gasteiger partial charge in [-0.3, -0.25) is 4.79 Å². The van der Waals surface area contributed by atoms with Gasteiger partial charge in [0.15, 0.2) is 6.61 Å². The van der Waals surface area contributed by atoms with E-state index in [4.69, 9.17) is 4.74 Å². The molecule has 0 bridgehead atoms. The standard InChI is InChI=1S/C15H22N2O2/c1-11-5-3-6-12(2)15(11)19-10-14(18)17-13-7-4-8-16-9-13/h3,5-6,13,16H,4,7-10H2,1-2H3,(H,17,18)/t13-/m0/s1. The smallest absolute Gasteiger partial charge is 0.258 e. The van der Waals surface area contributed by atoms with E-state index >= 15 is 0 Å². The first kappa shape index (κ1) is 13.9. The van der Waals surface area contributed by atoms with E-state index in [0.717, 1.165) is 42.8 Å². The molecular weight excluding hydrogens is 240 g/mol. The highest BCUT2D eigenvalue weighted by Crippen LogP contribution is 2.22. The Morgan fingerprint density at radius 1 is 1.42 bits per heavy atom. The molecule has 2 N–H and O–H groups in total. The Labute approximate surface area is 114 Å². The molecule has 0 radical (unpaired) electrons. The highest BCUT2D eigenvalue weighted by molar-refractivity contribution is 5.78. The van der Waals surface area contributed by atoms with Crippen LogP contribution < -0.4 is 15.4 Å². The molecule has 2 rings (SSSR count). The van der Waals surface area contributed by atoms with Crippen LogP contribution in [0.25, 0.3) is 0 Å². The third-order valence-electron chi connectivity index (χ3n) is 3.42. The summed E-state index contributed by atoms with van der Waals surface area (Å²) >= 11 is 0. The summed E-state index contributed by atoms with van der Waals surface area (Å²) in [6.45, 7) is 5.97. The van der Waals surface area contributed by atoms with E-state index in [9.17, 15) is 4.79 Å². The van der Waals surface area contributed by atoms with Gasteiger partial charge in [0.25, 0.3) is 5.91 Å². The molecule has 1 aromatic rings. The first-order valence-corrected chi connectivity index (χ1v) is 6.86. The second-order valence-corrected chi connectivity index (χ2v) is 5.12. The topological polar surface area (TPSA) is 50.4 Å². The van der Waals surface area contributed by atoms with Gasteiger partial charge in [0.05, 0.1) is 0 Å². The summed E-state index contributed by atoms with van der Waals surface area (Å²) in [5, 5.41) is 6.28. The van der Waals surface area contributed by atoms with Crippen molar-refractivity contribution in [3.63, 3.8) is 0 Å². The molecular formula is C15H22N2O2. The Morgan fingerprint density at radius 3 is 2.79 bits per heavy atom. The number of piperidine rings is 1. The SMILES string of the molecule is Cc1cccc(C)c1OCC(=O)N[C@H]1CCCNC1. The fraction of sp³-hybridized carbons (Fsp3) is 0.533. The maximum atomic E-state index is 11.8. The molecule has 19 heavy (non-hydrogen) atoms. The fourth-order valence-corrected chi connectivity index (χ4v) is 2.41. The van der Waals surface area contributed by atoms with Crippen molar-refractivity contribution in [1.82, 2.24) is 10.6 Å². The Morgan fingerprint density at radius 2 is 2.16 bits per heavy atom. The van der Waals surface area contributed by atoms with Gasteiger partial charge in [0, 0.05) is 12.6 Å². The predicted molar refractivity (Wildman–Crippen MR) is 75.4 cm³/mol. The van der Waals surface area contributed by atoms with Crippen molar-refractivity contribution in [2.24, 2.45) is 0 Å². The quantitative estimate of drug-likeness (QED) is 0.865. The zero-order chi connectivity index (χ0) is 13.7. The van der Waals surface area contributed by atoms with Gasteiger partial charge in [-0.15, -0.1) is 0 Å². The lowest BCUT2D eigenvalue weighted by Crippen LogP contribution is -2.47. The molecule has 0 aromatic heterocycles. The van der Waals surface area contributed by atoms with Crippen molar-refractivity contribution < 1.29 is 9.53 Å². The summed E-state index contributed by atoms with van der Waals surface area (Å²) in [6.07, 6.45) is 2.16. The summed E-state index contributed by atoms with van der Waals surface area (Å²) in [5.41, 5.74) is 2.12. The number of para-hydroxylation sites is 1. The molecule has 1 aromatic carbocycles. The van der Waals surface area contributed by atoms with E-state index in [-0.39, 0.29) is 18.6 Å². The summed E-state index contributed by atoms with van der Waals surface area (Å²) in [7, 11) is 0. The van der Waals surface area contributed by atoms with Crippen LogP contribution in [0, 0.1) is 13.8 Å². The molecule has 1 aliphatic heterocycles. The highest BCUT2D eigenvalue weighted by atomic mass is 16.5. The number of rotatable bonds is 4. The largest absolute Gasteiger partial charge is 0.483 e. The zero-order valence-electron chi connectivity index (χ0n) is 11.7. The van der Waals surface area contributed by atoms with Crippen LogP contribution >= 0.6 is 0 Å². The van der Waals surface area contributed by atoms with Crippen LogP contribution in [0.3, 0.4) is 0 Å². The van der Waals surface area contributed by atoms with Gasteiger partial charge >= 0.3 is 0 Å². The molecule has 104 valence electrons. The number of hydrogen-bond donors (Lipinski definition) is 2. The van der Waals surface area contributed by atoms with Crippen molar-refractivity contribution >= 4 is 5.91 Å². The summed E-state index contributed by atoms with van der Waals surface area (Å²) in [6, 6.07) is 6.21. The molecule has 1 atom stereocenters. The molecule has 4 heteroatoms. The molecule has 1 aliphatic rings. The van der Waals surface area contributed by atoms with Crippen molar-refractivity contribution in [2.45, 2.75) is 32.7 Å². The predicted octanol–water partition coefficient (Wildman–Crippen LogP) is 1.55. The monoisotopic (exact) mass is 262 g/mol. The Kier molecular flexibility index (Phi) is 4.80. The number of carbonyl (C=O) groups is 1. The van der Waals surface area contributed by atoms with Gasteiger partial charge in [0.1, 0.15) is 5.75 Å². The Bertz CT molecular complexity index is 420. The van der Waals surface area contributed by atoms with Crippen LogP contribution in [0.2, 0.25) is 0 Å². The van der Waals surface area contributed by atoms with Crippen LogP contribution in [-0.2, 0) is 4.79 Å². The number of aryl methyl sites for hydroxylation is 2. The van der Waals surface area contributed by atoms with Crippen molar-refractivity contribution in [1.29, 1.82) is 0 Å². The third kappa shape index (κ3) is 3.96. The normalized spacial score (nSPS) is 18.9. The fourth-order valence-electron chi connectivity index (χ4n) is 2.41. The Balaban J connectivity index is 1.83. The summed E-state index contributed by atoms with van der Waals surface area (Å²) in [5.74, 6) is 0.774. The zero-order valence-corrected chi connectivity index (χ0v) is 11.7. The van der Waals surface area contributed by atoms with Crippen LogP contribution in [0.15, 0.2) is 18.2 Å². The minimum atomic E-state index is -0.0450. The lowest BCUT2D eigenvalue weighted by atomic mass is 10.1. The van der Waals surface area contributed by atoms with E-state index < -0.39 is 0 Å². The van der Waals surface area contributed by atoms with Crippen molar-refractivity contribution in [3.05, 3.63) is 29.3 Å². The maximum Gasteiger partial charge on any atom is 0.258 e. The minimum Gasteiger partial charge on any atom is -0.483 e. The second-order valence-electron chi connectivity index (χ2n) is 5.12. The molecule has 0 spiro atoms. The number of benzene rings is 1. The summed E-state index contributed by atoms with van der Waals surface area (Å²) in [4.78, 5) is 11.8. The molecule has 1 fully saturated rings. The van der Waals surface area contributed by atoms with E-state index in [1.807, 2.05) is 32.0 Å². The average molecular weight is 262 g/mol. The molecule has 1 heterocycles. The van der Waals surface area contributed by atoms with E-state index in [2.05, 4.69) is 10.6 Å². The minimum absolute atomic E-state index is 0.0450. The Hall–Kier alpha value is -1.55. The van der Waals surface area contributed by atoms with Crippen LogP contribution in [0.5, 0.6) is 5.75 Å². The number of ether oxygens (including phenoxy) is 1. The van der Waals surface area contributed by atoms with Gasteiger partial charge < -0.3 is 15.4 Å². The van der Waals surface area contributed by atoms with E-state index in [1.54, 1.807) is 0 Å². The molecule has 4 nitrogen and oxygen atoms in total. The van der Waals surface area contributed by atoms with Crippen molar-refractivity contribution in [2.75, 3.05) is 19.7 Å². The second kappa shape index (κ2) is 6.57. The molecule has 1 saturated heterocycles. The van der Waals surface area contributed by atoms with Gasteiger partial charge in [-0.25, -0.2) is 0 Å². The lowest BCUT2D eigenvalue weighted by molar-refractivity contribution is -0.123. The highest BCUT2D eigenvalue weighted by Gasteiger charge is 2.15. The number of amides is 1. The molecule has 0 unspecified atom stereocenters. The van der Waals surface area contributed by atoms with Crippen molar-refractivity contribution in [3.8, 4) is 5.75 Å². The lowest BCUT2D eigenvalue weighted by Gasteiger charge is -2.23. The van der Waals surface area contributed by atoms with Crippen LogP contribution in [0.4, 0.5) is 0 Å². The molecule has 0 aliphatic carbocycles. The third-order valence-corrected chi connectivity index (χ3v) is 3.42.